The number of aromatic nitrogens is 3. The van der Waals surface area contributed by atoms with Gasteiger partial charge in [-0.25, -0.2) is 18.3 Å². The first kappa shape index (κ1) is 18.3. The van der Waals surface area contributed by atoms with Gasteiger partial charge in [0, 0.05) is 25.7 Å². The van der Waals surface area contributed by atoms with Crippen LogP contribution in [0, 0.1) is 5.82 Å². The van der Waals surface area contributed by atoms with E-state index < -0.39 is 6.17 Å². The average Bonchev–Trinajstić information content (AvgIpc) is 3.29. The highest BCUT2D eigenvalue weighted by Gasteiger charge is 2.34. The molecule has 28 heavy (non-hydrogen) atoms. The highest BCUT2D eigenvalue weighted by Crippen LogP contribution is 2.37. The van der Waals surface area contributed by atoms with Gasteiger partial charge in [-0.05, 0) is 23.8 Å². The molecule has 0 aliphatic carbocycles. The molecular formula is C19H20F2N6O. The van der Waals surface area contributed by atoms with E-state index in [4.69, 9.17) is 5.73 Å². The number of halogens is 2. The minimum Gasteiger partial charge on any atom is -0.351 e. The molecule has 2 unspecified atom stereocenters. The van der Waals surface area contributed by atoms with E-state index in [1.807, 2.05) is 0 Å². The molecule has 1 amide bonds. The molecule has 7 nitrogen and oxygen atoms in total. The second kappa shape index (κ2) is 7.51. The van der Waals surface area contributed by atoms with Gasteiger partial charge in [0.25, 0.3) is 5.91 Å². The molecule has 9 heteroatoms. The first-order chi connectivity index (χ1) is 13.6. The maximum absolute atomic E-state index is 14.2. The van der Waals surface area contributed by atoms with Crippen molar-refractivity contribution < 1.29 is 13.6 Å². The van der Waals surface area contributed by atoms with Gasteiger partial charge in [0.15, 0.2) is 5.65 Å². The predicted molar refractivity (Wildman–Crippen MR) is 100 cm³/mol. The Bertz CT molecular complexity index is 1010. The highest BCUT2D eigenvalue weighted by molar-refractivity contribution is 5.99. The molecule has 4 rings (SSSR count). The zero-order valence-corrected chi connectivity index (χ0v) is 15.1. The van der Waals surface area contributed by atoms with Gasteiger partial charge in [-0.2, -0.15) is 5.10 Å². The van der Waals surface area contributed by atoms with Gasteiger partial charge >= 0.3 is 0 Å². The fourth-order valence-electron chi connectivity index (χ4n) is 3.53. The predicted octanol–water partition coefficient (Wildman–Crippen LogP) is 1.85. The third-order valence-corrected chi connectivity index (χ3v) is 4.81. The summed E-state index contributed by atoms with van der Waals surface area (Å²) in [5.74, 6) is -0.176. The zero-order chi connectivity index (χ0) is 19.7. The van der Waals surface area contributed by atoms with Crippen molar-refractivity contribution in [1.82, 2.24) is 19.9 Å². The lowest BCUT2D eigenvalue weighted by molar-refractivity contribution is 0.0956. The van der Waals surface area contributed by atoms with Crippen LogP contribution >= 0.6 is 0 Å². The number of carbonyl (C=O) groups excluding carboxylic acids is 1. The van der Waals surface area contributed by atoms with Crippen molar-refractivity contribution in [2.75, 3.05) is 24.5 Å². The SMILES string of the molecule is NCCNC(=O)c1cnn2ccc(N3CC(F)CC3c3cccc(F)c3)nc12. The van der Waals surface area contributed by atoms with Gasteiger partial charge in [-0.15, -0.1) is 0 Å². The number of alkyl halides is 1. The summed E-state index contributed by atoms with van der Waals surface area (Å²) in [4.78, 5) is 18.7. The molecule has 3 N–H and O–H groups in total. The van der Waals surface area contributed by atoms with Crippen LogP contribution in [0.3, 0.4) is 0 Å². The van der Waals surface area contributed by atoms with Crippen LogP contribution < -0.4 is 16.0 Å². The van der Waals surface area contributed by atoms with E-state index >= 15 is 0 Å². The Balaban J connectivity index is 1.70. The zero-order valence-electron chi connectivity index (χ0n) is 15.1. The van der Waals surface area contributed by atoms with Crippen LogP contribution in [0.1, 0.15) is 28.4 Å². The lowest BCUT2D eigenvalue weighted by Gasteiger charge is -2.25. The molecule has 2 aromatic heterocycles. The van der Waals surface area contributed by atoms with Gasteiger partial charge < -0.3 is 16.0 Å². The molecule has 0 radical (unpaired) electrons. The summed E-state index contributed by atoms with van der Waals surface area (Å²) in [7, 11) is 0. The van der Waals surface area contributed by atoms with Crippen LogP contribution in [-0.2, 0) is 0 Å². The number of rotatable bonds is 5. The smallest absolute Gasteiger partial charge is 0.256 e. The van der Waals surface area contributed by atoms with Gasteiger partial charge in [-0.1, -0.05) is 12.1 Å². The van der Waals surface area contributed by atoms with E-state index in [0.29, 0.717) is 35.7 Å². The van der Waals surface area contributed by atoms with Crippen molar-refractivity contribution >= 4 is 17.4 Å². The van der Waals surface area contributed by atoms with Gasteiger partial charge in [-0.3, -0.25) is 4.79 Å². The van der Waals surface area contributed by atoms with Gasteiger partial charge in [0.05, 0.1) is 18.8 Å². The van der Waals surface area contributed by atoms with Crippen LogP contribution in [0.5, 0.6) is 0 Å². The summed E-state index contributed by atoms with van der Waals surface area (Å²) in [6.45, 7) is 0.810. The van der Waals surface area contributed by atoms with Crippen molar-refractivity contribution in [3.8, 4) is 0 Å². The number of hydrogen-bond acceptors (Lipinski definition) is 5. The molecule has 0 bridgehead atoms. The number of anilines is 1. The molecule has 0 saturated carbocycles. The van der Waals surface area contributed by atoms with Crippen molar-refractivity contribution in [3.05, 3.63) is 59.7 Å². The van der Waals surface area contributed by atoms with E-state index in [1.54, 1.807) is 29.3 Å². The summed E-state index contributed by atoms with van der Waals surface area (Å²) in [6, 6.07) is 7.55. The second-order valence-electron chi connectivity index (χ2n) is 6.71. The highest BCUT2D eigenvalue weighted by atomic mass is 19.1. The molecule has 0 spiro atoms. The maximum atomic E-state index is 14.2. The summed E-state index contributed by atoms with van der Waals surface area (Å²) in [5, 5.41) is 6.83. The molecule has 1 aliphatic heterocycles. The fourth-order valence-corrected chi connectivity index (χ4v) is 3.53. The Hall–Kier alpha value is -3.07. The Labute approximate surface area is 160 Å². The van der Waals surface area contributed by atoms with E-state index in [2.05, 4.69) is 15.4 Å². The molecule has 2 atom stereocenters. The van der Waals surface area contributed by atoms with Crippen LogP contribution in [0.15, 0.2) is 42.7 Å². The molecule has 3 heterocycles. The van der Waals surface area contributed by atoms with Crippen molar-refractivity contribution in [3.63, 3.8) is 0 Å². The number of nitrogens with zero attached hydrogens (tertiary/aromatic N) is 4. The van der Waals surface area contributed by atoms with E-state index in [9.17, 15) is 13.6 Å². The van der Waals surface area contributed by atoms with Gasteiger partial charge in [0.1, 0.15) is 23.4 Å². The molecule has 146 valence electrons. The van der Waals surface area contributed by atoms with Crippen molar-refractivity contribution in [2.24, 2.45) is 5.73 Å². The quantitative estimate of drug-likeness (QED) is 0.699. The van der Waals surface area contributed by atoms with E-state index in [1.165, 1.54) is 22.8 Å². The largest absolute Gasteiger partial charge is 0.351 e. The topological polar surface area (TPSA) is 88.5 Å². The van der Waals surface area contributed by atoms with Crippen molar-refractivity contribution in [2.45, 2.75) is 18.6 Å². The van der Waals surface area contributed by atoms with Crippen LogP contribution in [0.4, 0.5) is 14.6 Å². The standard InChI is InChI=1S/C19H20F2N6O/c20-13-3-1-2-12(8-13)16-9-14(21)11-26(16)17-4-7-27-18(25-17)15(10-24-27)19(28)23-6-5-22/h1-4,7-8,10,14,16H,5-6,9,11,22H2,(H,23,28). The fraction of sp³-hybridized carbons (Fsp3) is 0.316. The lowest BCUT2D eigenvalue weighted by atomic mass is 10.0. The lowest BCUT2D eigenvalue weighted by Crippen LogP contribution is -2.29. The Morgan fingerprint density at radius 1 is 1.36 bits per heavy atom. The Kier molecular flexibility index (Phi) is 4.91. The van der Waals surface area contributed by atoms with Crippen LogP contribution in [0.2, 0.25) is 0 Å². The van der Waals surface area contributed by atoms with Gasteiger partial charge in [0.2, 0.25) is 0 Å². The van der Waals surface area contributed by atoms with Crippen molar-refractivity contribution in [1.29, 1.82) is 0 Å². The third-order valence-electron chi connectivity index (χ3n) is 4.81. The van der Waals surface area contributed by atoms with E-state index in [0.717, 1.165) is 0 Å². The number of nitrogens with two attached hydrogens (primary N) is 1. The second-order valence-corrected chi connectivity index (χ2v) is 6.71. The number of hydrogen-bond donors (Lipinski definition) is 2. The number of amides is 1. The summed E-state index contributed by atoms with van der Waals surface area (Å²) < 4.78 is 29.4. The number of fused-ring (bicyclic) bond motifs is 1. The minimum absolute atomic E-state index is 0.146. The Morgan fingerprint density at radius 2 is 2.21 bits per heavy atom. The normalized spacial score (nSPS) is 19.3. The first-order valence-electron chi connectivity index (χ1n) is 9.05. The number of benzene rings is 1. The average molecular weight is 386 g/mol. The first-order valence-corrected chi connectivity index (χ1v) is 9.05. The third kappa shape index (κ3) is 3.40. The van der Waals surface area contributed by atoms with Crippen LogP contribution in [-0.4, -0.2) is 46.3 Å². The van der Waals surface area contributed by atoms with E-state index in [-0.39, 0.29) is 30.7 Å². The number of nitrogens with one attached hydrogen (secondary N) is 1. The monoisotopic (exact) mass is 386 g/mol. The molecule has 3 aromatic rings. The summed E-state index contributed by atoms with van der Waals surface area (Å²) in [5.41, 5.74) is 6.80. The minimum atomic E-state index is -1.05. The van der Waals surface area contributed by atoms with Crippen LogP contribution in [0.25, 0.3) is 5.65 Å². The Morgan fingerprint density at radius 3 is 3.00 bits per heavy atom. The summed E-state index contributed by atoms with van der Waals surface area (Å²) in [6.07, 6.45) is 2.30. The maximum Gasteiger partial charge on any atom is 0.256 e. The molecular weight excluding hydrogens is 366 g/mol. The summed E-state index contributed by atoms with van der Waals surface area (Å²) >= 11 is 0. The molecule has 1 aliphatic rings. The molecule has 1 fully saturated rings. The molecule has 1 aromatic carbocycles. The number of carbonyl (C=O) groups is 1. The molecule has 1 saturated heterocycles.